The van der Waals surface area contributed by atoms with Crippen molar-refractivity contribution in [2.24, 2.45) is 5.92 Å². The zero-order valence-corrected chi connectivity index (χ0v) is 19.2. The number of sulfonamides is 1. The number of aromatic nitrogens is 3. The molecule has 1 saturated carbocycles. The Morgan fingerprint density at radius 1 is 1.13 bits per heavy atom. The molecule has 7 nitrogen and oxygen atoms in total. The number of benzene rings is 1. The van der Waals surface area contributed by atoms with Gasteiger partial charge in [-0.2, -0.15) is 0 Å². The minimum Gasteiger partial charge on any atom is -0.356 e. The summed E-state index contributed by atoms with van der Waals surface area (Å²) in [6.07, 6.45) is 7.81. The van der Waals surface area contributed by atoms with Gasteiger partial charge < -0.3 is 9.88 Å². The third kappa shape index (κ3) is 5.56. The molecule has 0 saturated heterocycles. The average molecular weight is 462 g/mol. The highest BCUT2D eigenvalue weighted by Crippen LogP contribution is 2.31. The standard InChI is InChI=1S/C22H28ClN5O2S/c1-28(22-20-11-12-24-21(20)25-15-26-22)19-8-4-17(5-9-19)14-31(29,30)27-13-10-16-2-6-18(23)7-3-16/h2-3,6-7,11-12,15,17,19,27H,4-5,8-10,13-14H2,1H3,(H,24,25,26). The third-order valence-electron chi connectivity index (χ3n) is 6.14. The summed E-state index contributed by atoms with van der Waals surface area (Å²) < 4.78 is 27.8. The molecule has 31 heavy (non-hydrogen) atoms. The third-order valence-corrected chi connectivity index (χ3v) is 7.94. The number of hydrogen-bond acceptors (Lipinski definition) is 5. The molecule has 0 unspecified atom stereocenters. The lowest BCUT2D eigenvalue weighted by molar-refractivity contribution is 0.340. The quantitative estimate of drug-likeness (QED) is 0.532. The van der Waals surface area contributed by atoms with E-state index in [0.29, 0.717) is 24.0 Å². The summed E-state index contributed by atoms with van der Waals surface area (Å²) in [6.45, 7) is 0.405. The van der Waals surface area contributed by atoms with Crippen molar-refractivity contribution in [2.45, 2.75) is 38.1 Å². The molecule has 0 bridgehead atoms. The Balaban J connectivity index is 1.26. The van der Waals surface area contributed by atoms with Gasteiger partial charge in [0.25, 0.3) is 0 Å². The van der Waals surface area contributed by atoms with Gasteiger partial charge in [-0.15, -0.1) is 0 Å². The normalized spacial score (nSPS) is 19.5. The molecule has 4 rings (SSSR count). The highest BCUT2D eigenvalue weighted by molar-refractivity contribution is 7.89. The highest BCUT2D eigenvalue weighted by atomic mass is 35.5. The predicted molar refractivity (Wildman–Crippen MR) is 125 cm³/mol. The molecule has 0 atom stereocenters. The molecule has 0 spiro atoms. The molecule has 2 N–H and O–H groups in total. The van der Waals surface area contributed by atoms with E-state index in [1.807, 2.05) is 36.5 Å². The molecular formula is C22H28ClN5O2S. The van der Waals surface area contributed by atoms with Crippen LogP contribution in [0.3, 0.4) is 0 Å². The highest BCUT2D eigenvalue weighted by Gasteiger charge is 2.28. The number of fused-ring (bicyclic) bond motifs is 1. The largest absolute Gasteiger partial charge is 0.356 e. The number of hydrogen-bond donors (Lipinski definition) is 2. The summed E-state index contributed by atoms with van der Waals surface area (Å²) >= 11 is 5.89. The molecule has 1 aromatic carbocycles. The van der Waals surface area contributed by atoms with Crippen LogP contribution >= 0.6 is 11.6 Å². The van der Waals surface area contributed by atoms with Crippen LogP contribution in [0.4, 0.5) is 5.82 Å². The van der Waals surface area contributed by atoms with Gasteiger partial charge in [-0.1, -0.05) is 23.7 Å². The van der Waals surface area contributed by atoms with Crippen molar-refractivity contribution in [1.29, 1.82) is 0 Å². The first-order valence-electron chi connectivity index (χ1n) is 10.6. The molecule has 1 aliphatic carbocycles. The van der Waals surface area contributed by atoms with E-state index in [1.54, 1.807) is 6.33 Å². The summed E-state index contributed by atoms with van der Waals surface area (Å²) in [5, 5.41) is 1.70. The topological polar surface area (TPSA) is 91.0 Å². The van der Waals surface area contributed by atoms with Gasteiger partial charge in [0.05, 0.1) is 11.1 Å². The van der Waals surface area contributed by atoms with E-state index in [-0.39, 0.29) is 11.7 Å². The Morgan fingerprint density at radius 3 is 2.61 bits per heavy atom. The van der Waals surface area contributed by atoms with Crippen LogP contribution in [0.25, 0.3) is 11.0 Å². The van der Waals surface area contributed by atoms with E-state index < -0.39 is 10.0 Å². The van der Waals surface area contributed by atoms with Crippen molar-refractivity contribution in [2.75, 3.05) is 24.2 Å². The smallest absolute Gasteiger partial charge is 0.211 e. The fourth-order valence-corrected chi connectivity index (χ4v) is 5.99. The van der Waals surface area contributed by atoms with E-state index in [2.05, 4.69) is 31.6 Å². The first-order valence-corrected chi connectivity index (χ1v) is 12.7. The Hall–Kier alpha value is -2.16. The van der Waals surface area contributed by atoms with Gasteiger partial charge in [-0.05, 0) is 61.8 Å². The molecule has 0 aliphatic heterocycles. The van der Waals surface area contributed by atoms with Gasteiger partial charge in [0, 0.05) is 30.9 Å². The average Bonchev–Trinajstić information content (AvgIpc) is 3.24. The summed E-state index contributed by atoms with van der Waals surface area (Å²) in [6, 6.07) is 9.84. The molecule has 9 heteroatoms. The first-order chi connectivity index (χ1) is 14.9. The molecule has 2 heterocycles. The van der Waals surface area contributed by atoms with E-state index in [4.69, 9.17) is 11.6 Å². The number of aromatic amines is 1. The van der Waals surface area contributed by atoms with Crippen molar-refractivity contribution in [1.82, 2.24) is 19.7 Å². The first kappa shape index (κ1) is 22.0. The molecular weight excluding hydrogens is 434 g/mol. The van der Waals surface area contributed by atoms with E-state index >= 15 is 0 Å². The zero-order valence-electron chi connectivity index (χ0n) is 17.6. The number of halogens is 1. The van der Waals surface area contributed by atoms with E-state index in [9.17, 15) is 8.42 Å². The fraction of sp³-hybridized carbons (Fsp3) is 0.455. The van der Waals surface area contributed by atoms with Crippen LogP contribution in [-0.2, 0) is 16.4 Å². The lowest BCUT2D eigenvalue weighted by Crippen LogP contribution is -2.38. The van der Waals surface area contributed by atoms with Crippen molar-refractivity contribution in [3.63, 3.8) is 0 Å². The predicted octanol–water partition coefficient (Wildman–Crippen LogP) is 3.77. The molecule has 3 aromatic rings. The second-order valence-corrected chi connectivity index (χ2v) is 10.6. The lowest BCUT2D eigenvalue weighted by Gasteiger charge is -2.35. The second kappa shape index (κ2) is 9.54. The van der Waals surface area contributed by atoms with Crippen molar-refractivity contribution >= 4 is 38.5 Å². The van der Waals surface area contributed by atoms with Crippen molar-refractivity contribution in [3.8, 4) is 0 Å². The minimum atomic E-state index is -3.29. The Bertz CT molecular complexity index is 1110. The number of H-pyrrole nitrogens is 1. The number of anilines is 1. The van der Waals surface area contributed by atoms with Crippen LogP contribution in [0, 0.1) is 5.92 Å². The fourth-order valence-electron chi connectivity index (χ4n) is 4.38. The van der Waals surface area contributed by atoms with E-state index in [0.717, 1.165) is 48.1 Å². The van der Waals surface area contributed by atoms with Gasteiger partial charge in [0.2, 0.25) is 10.0 Å². The summed E-state index contributed by atoms with van der Waals surface area (Å²) in [4.78, 5) is 14.1. The summed E-state index contributed by atoms with van der Waals surface area (Å²) in [7, 11) is -1.22. The van der Waals surface area contributed by atoms with Crippen LogP contribution < -0.4 is 9.62 Å². The maximum absolute atomic E-state index is 12.5. The van der Waals surface area contributed by atoms with Crippen molar-refractivity contribution in [3.05, 3.63) is 53.4 Å². The Kier molecular flexibility index (Phi) is 6.79. The van der Waals surface area contributed by atoms with E-state index in [1.165, 1.54) is 0 Å². The van der Waals surface area contributed by atoms with Crippen LogP contribution in [0.2, 0.25) is 5.02 Å². The number of nitrogens with one attached hydrogen (secondary N) is 2. The van der Waals surface area contributed by atoms with Crippen LogP contribution in [0.1, 0.15) is 31.2 Å². The number of rotatable bonds is 8. The van der Waals surface area contributed by atoms with Gasteiger partial charge in [0.1, 0.15) is 17.8 Å². The maximum atomic E-state index is 12.5. The van der Waals surface area contributed by atoms with Crippen LogP contribution in [-0.4, -0.2) is 48.8 Å². The molecule has 166 valence electrons. The maximum Gasteiger partial charge on any atom is 0.211 e. The van der Waals surface area contributed by atoms with Gasteiger partial charge in [-0.25, -0.2) is 23.1 Å². The summed E-state index contributed by atoms with van der Waals surface area (Å²) in [5.74, 6) is 1.31. The molecule has 1 fully saturated rings. The molecule has 1 aliphatic rings. The van der Waals surface area contributed by atoms with Crippen molar-refractivity contribution < 1.29 is 8.42 Å². The molecule has 2 aromatic heterocycles. The zero-order chi connectivity index (χ0) is 21.8. The Labute approximate surface area is 188 Å². The van der Waals surface area contributed by atoms with Crippen LogP contribution in [0.15, 0.2) is 42.9 Å². The lowest BCUT2D eigenvalue weighted by atomic mass is 9.86. The van der Waals surface area contributed by atoms with Gasteiger partial charge in [-0.3, -0.25) is 0 Å². The van der Waals surface area contributed by atoms with Crippen LogP contribution in [0.5, 0.6) is 0 Å². The molecule has 0 amide bonds. The molecule has 0 radical (unpaired) electrons. The SMILES string of the molecule is CN(c1ncnc2[nH]ccc12)C1CCC(CS(=O)(=O)NCCc2ccc(Cl)cc2)CC1. The Morgan fingerprint density at radius 2 is 1.87 bits per heavy atom. The number of nitrogens with zero attached hydrogens (tertiary/aromatic N) is 3. The summed E-state index contributed by atoms with van der Waals surface area (Å²) in [5.41, 5.74) is 1.90. The van der Waals surface area contributed by atoms with Gasteiger partial charge >= 0.3 is 0 Å². The van der Waals surface area contributed by atoms with Gasteiger partial charge in [0.15, 0.2) is 0 Å². The minimum absolute atomic E-state index is 0.190. The second-order valence-electron chi connectivity index (χ2n) is 8.27. The monoisotopic (exact) mass is 461 g/mol.